The van der Waals surface area contributed by atoms with Crippen LogP contribution >= 0.6 is 11.6 Å². The van der Waals surface area contributed by atoms with Crippen LogP contribution in [0.1, 0.15) is 5.56 Å². The quantitative estimate of drug-likeness (QED) is 0.319. The van der Waals surface area contributed by atoms with Gasteiger partial charge in [0.1, 0.15) is 0 Å². The van der Waals surface area contributed by atoms with Crippen molar-refractivity contribution >= 4 is 17.3 Å². The first kappa shape index (κ1) is 10.8. The standard InChI is InChI=1S/C7H3ClF3NO2/c1-2-4(9)6(11)3(8)7(5(2)10)12(13)14/h1H3. The van der Waals surface area contributed by atoms with Gasteiger partial charge in [-0.3, -0.25) is 10.1 Å². The number of benzene rings is 1. The van der Waals surface area contributed by atoms with Crippen molar-refractivity contribution < 1.29 is 18.1 Å². The summed E-state index contributed by atoms with van der Waals surface area (Å²) in [5.41, 5.74) is -2.01. The van der Waals surface area contributed by atoms with Crippen LogP contribution in [0.4, 0.5) is 18.9 Å². The minimum Gasteiger partial charge on any atom is -0.258 e. The molecule has 0 aliphatic rings. The van der Waals surface area contributed by atoms with Crippen LogP contribution < -0.4 is 0 Å². The predicted octanol–water partition coefficient (Wildman–Crippen LogP) is 2.97. The maximum absolute atomic E-state index is 13.0. The van der Waals surface area contributed by atoms with Crippen LogP contribution in [0.15, 0.2) is 0 Å². The molecule has 1 rings (SSSR count). The molecule has 3 nitrogen and oxygen atoms in total. The van der Waals surface area contributed by atoms with Gasteiger partial charge in [-0.25, -0.2) is 8.78 Å². The number of hydrogen-bond donors (Lipinski definition) is 0. The molecule has 0 spiro atoms. The van der Waals surface area contributed by atoms with Crippen molar-refractivity contribution in [2.45, 2.75) is 6.92 Å². The molecule has 0 saturated heterocycles. The second-order valence-corrected chi connectivity index (χ2v) is 2.86. The fraction of sp³-hybridized carbons (Fsp3) is 0.143. The van der Waals surface area contributed by atoms with E-state index in [1.165, 1.54) is 0 Å². The van der Waals surface area contributed by atoms with Crippen molar-refractivity contribution in [3.8, 4) is 0 Å². The average Bonchev–Trinajstić information content (AvgIpc) is 2.11. The number of hydrogen-bond acceptors (Lipinski definition) is 2. The molecular weight excluding hydrogens is 223 g/mol. The van der Waals surface area contributed by atoms with Gasteiger partial charge in [0.2, 0.25) is 5.82 Å². The van der Waals surface area contributed by atoms with E-state index in [9.17, 15) is 23.3 Å². The molecule has 0 heterocycles. The molecule has 1 aromatic rings. The summed E-state index contributed by atoms with van der Waals surface area (Å²) in [6, 6.07) is 0. The minimum absolute atomic E-state index is 0.765. The summed E-state index contributed by atoms with van der Waals surface area (Å²) < 4.78 is 38.6. The number of nitro benzene ring substituents is 1. The lowest BCUT2D eigenvalue weighted by Crippen LogP contribution is -2.02. The molecule has 76 valence electrons. The summed E-state index contributed by atoms with van der Waals surface area (Å²) in [4.78, 5) is 9.05. The maximum Gasteiger partial charge on any atom is 0.326 e. The molecule has 0 atom stereocenters. The van der Waals surface area contributed by atoms with Crippen molar-refractivity contribution in [1.82, 2.24) is 0 Å². The second kappa shape index (κ2) is 3.45. The molecule has 1 aromatic carbocycles. The third-order valence-electron chi connectivity index (χ3n) is 1.64. The van der Waals surface area contributed by atoms with Gasteiger partial charge in [0.15, 0.2) is 16.7 Å². The number of rotatable bonds is 1. The molecule has 0 aliphatic carbocycles. The lowest BCUT2D eigenvalue weighted by atomic mass is 10.2. The summed E-state index contributed by atoms with van der Waals surface area (Å²) >= 11 is 5.07. The van der Waals surface area contributed by atoms with Crippen LogP contribution in [0.2, 0.25) is 5.02 Å². The minimum atomic E-state index is -1.61. The Balaban J connectivity index is 3.68. The molecule has 0 radical (unpaired) electrons. The summed E-state index contributed by atoms with van der Waals surface area (Å²) in [5, 5.41) is 9.09. The van der Waals surface area contributed by atoms with E-state index in [1.54, 1.807) is 0 Å². The highest BCUT2D eigenvalue weighted by Crippen LogP contribution is 2.34. The van der Waals surface area contributed by atoms with E-state index in [2.05, 4.69) is 0 Å². The van der Waals surface area contributed by atoms with Gasteiger partial charge < -0.3 is 0 Å². The van der Waals surface area contributed by atoms with Gasteiger partial charge in [-0.1, -0.05) is 11.6 Å². The Labute approximate surface area is 81.2 Å². The molecule has 14 heavy (non-hydrogen) atoms. The lowest BCUT2D eigenvalue weighted by Gasteiger charge is -2.03. The van der Waals surface area contributed by atoms with E-state index in [-0.39, 0.29) is 0 Å². The van der Waals surface area contributed by atoms with Crippen molar-refractivity contribution in [2.24, 2.45) is 0 Å². The molecule has 0 fully saturated rings. The van der Waals surface area contributed by atoms with E-state index >= 15 is 0 Å². The third kappa shape index (κ3) is 1.41. The van der Waals surface area contributed by atoms with Crippen LogP contribution in [-0.4, -0.2) is 4.92 Å². The highest BCUT2D eigenvalue weighted by Gasteiger charge is 2.29. The van der Waals surface area contributed by atoms with Crippen LogP contribution in [0.5, 0.6) is 0 Å². The summed E-state index contributed by atoms with van der Waals surface area (Å²) in [7, 11) is 0. The normalized spacial score (nSPS) is 10.4. The molecule has 0 unspecified atom stereocenters. The Morgan fingerprint density at radius 2 is 1.71 bits per heavy atom. The topological polar surface area (TPSA) is 43.1 Å². The van der Waals surface area contributed by atoms with Crippen molar-refractivity contribution in [3.05, 3.63) is 38.2 Å². The van der Waals surface area contributed by atoms with E-state index < -0.39 is 38.6 Å². The molecule has 0 amide bonds. The fourth-order valence-electron chi connectivity index (χ4n) is 0.896. The Morgan fingerprint density at radius 1 is 1.21 bits per heavy atom. The molecule has 7 heteroatoms. The van der Waals surface area contributed by atoms with E-state index in [1.807, 2.05) is 0 Å². The molecular formula is C7H3ClF3NO2. The number of halogens is 4. The molecule has 0 N–H and O–H groups in total. The first-order valence-electron chi connectivity index (χ1n) is 3.34. The van der Waals surface area contributed by atoms with Gasteiger partial charge in [0, 0.05) is 5.56 Å². The van der Waals surface area contributed by atoms with Gasteiger partial charge in [0.25, 0.3) is 0 Å². The van der Waals surface area contributed by atoms with Crippen LogP contribution in [-0.2, 0) is 0 Å². The summed E-state index contributed by atoms with van der Waals surface area (Å²) in [6.45, 7) is 0.886. The highest BCUT2D eigenvalue weighted by molar-refractivity contribution is 6.32. The van der Waals surface area contributed by atoms with Crippen LogP contribution in [0, 0.1) is 34.5 Å². The average molecular weight is 226 g/mol. The predicted molar refractivity (Wildman–Crippen MR) is 42.7 cm³/mol. The zero-order valence-corrected chi connectivity index (χ0v) is 7.53. The third-order valence-corrected chi connectivity index (χ3v) is 1.99. The van der Waals surface area contributed by atoms with Gasteiger partial charge in [-0.2, -0.15) is 4.39 Å². The first-order valence-corrected chi connectivity index (χ1v) is 3.72. The Morgan fingerprint density at radius 3 is 2.14 bits per heavy atom. The van der Waals surface area contributed by atoms with Crippen LogP contribution in [0.25, 0.3) is 0 Å². The molecule has 0 saturated carbocycles. The zero-order chi connectivity index (χ0) is 11.0. The lowest BCUT2D eigenvalue weighted by molar-refractivity contribution is -0.387. The largest absolute Gasteiger partial charge is 0.326 e. The van der Waals surface area contributed by atoms with Gasteiger partial charge in [-0.15, -0.1) is 0 Å². The Bertz CT molecular complexity index is 393. The second-order valence-electron chi connectivity index (χ2n) is 2.49. The molecule has 0 bridgehead atoms. The highest BCUT2D eigenvalue weighted by atomic mass is 35.5. The Hall–Kier alpha value is -1.30. The first-order chi connectivity index (χ1) is 6.37. The van der Waals surface area contributed by atoms with Crippen molar-refractivity contribution in [3.63, 3.8) is 0 Å². The molecule has 0 aromatic heterocycles. The SMILES string of the molecule is Cc1c(F)c(F)c(Cl)c([N+](=O)[O-])c1F. The number of nitrogens with zero attached hydrogens (tertiary/aromatic N) is 1. The van der Waals surface area contributed by atoms with E-state index in [0.717, 1.165) is 6.92 Å². The summed E-state index contributed by atoms with van der Waals surface area (Å²) in [6.07, 6.45) is 0. The van der Waals surface area contributed by atoms with Crippen molar-refractivity contribution in [1.29, 1.82) is 0 Å². The number of nitro groups is 1. The smallest absolute Gasteiger partial charge is 0.258 e. The Kier molecular flexibility index (Phi) is 2.66. The van der Waals surface area contributed by atoms with Gasteiger partial charge in [0.05, 0.1) is 4.92 Å². The van der Waals surface area contributed by atoms with Gasteiger partial charge in [-0.05, 0) is 6.92 Å². The zero-order valence-electron chi connectivity index (χ0n) is 6.78. The monoisotopic (exact) mass is 225 g/mol. The molecule has 0 aliphatic heterocycles. The maximum atomic E-state index is 13.0. The van der Waals surface area contributed by atoms with E-state index in [0.29, 0.717) is 0 Å². The summed E-state index contributed by atoms with van der Waals surface area (Å²) in [5.74, 6) is -4.59. The van der Waals surface area contributed by atoms with E-state index in [4.69, 9.17) is 11.6 Å². The fourth-order valence-corrected chi connectivity index (χ4v) is 1.13. The van der Waals surface area contributed by atoms with Crippen LogP contribution in [0.3, 0.4) is 0 Å². The van der Waals surface area contributed by atoms with Crippen molar-refractivity contribution in [2.75, 3.05) is 0 Å². The van der Waals surface area contributed by atoms with Gasteiger partial charge >= 0.3 is 5.69 Å².